The Labute approximate surface area is 383 Å². The number of unbranched alkanes of at least 4 members (excludes halogenated alkanes) is 1. The number of hydrogen-bond acceptors (Lipinski definition) is 4. The number of aromatic nitrogens is 4. The third-order valence-electron chi connectivity index (χ3n) is 11.8. The number of benzene rings is 7. The zero-order valence-electron chi connectivity index (χ0n) is 36.8. The van der Waals surface area contributed by atoms with E-state index < -0.39 is 11.1 Å². The van der Waals surface area contributed by atoms with E-state index in [4.69, 9.17) is 19.8 Å². The average molecular weight is 853 g/mol. The Hall–Kier alpha value is -7.38. The van der Waals surface area contributed by atoms with Crippen molar-refractivity contribution in [1.82, 2.24) is 19.1 Å². The zero-order valence-corrected chi connectivity index (χ0v) is 36.8. The number of aliphatic hydroxyl groups is 1. The summed E-state index contributed by atoms with van der Waals surface area (Å²) in [6.07, 6.45) is 15.8. The highest BCUT2D eigenvalue weighted by Gasteiger charge is 2.39. The van der Waals surface area contributed by atoms with Gasteiger partial charge in [-0.05, 0) is 70.7 Å². The first-order valence-electron chi connectivity index (χ1n) is 22.5. The standard InChI is InChI=1S/C33H30N2O.C26H26N2O/c1-5-15-28(16-6-1)26-36-24-14-13-23-32-25-35(27-34-32)33(29-17-7-2-8-18-29,30-19-9-3-10-20-30)31-21-11-4-12-22-31;29-19-11-10-18-25-20-28(21-27-25)26(22-12-4-1-5-13-22,23-14-6-2-7-15-23)24-16-8-3-9-17-24/h1-13,15-23,25,27H,14,24,26H2;1-9,12-17,20-21,29H,10-11,18-19H2/b23-13-;. The minimum atomic E-state index is -0.540. The molecular weight excluding hydrogens is 797 g/mol. The van der Waals surface area contributed by atoms with E-state index in [1.54, 1.807) is 0 Å². The van der Waals surface area contributed by atoms with Gasteiger partial charge < -0.3 is 19.0 Å². The maximum absolute atomic E-state index is 9.10. The minimum absolute atomic E-state index is 0.225. The van der Waals surface area contributed by atoms with E-state index in [1.807, 2.05) is 30.9 Å². The van der Waals surface area contributed by atoms with Gasteiger partial charge >= 0.3 is 0 Å². The molecule has 324 valence electrons. The lowest BCUT2D eigenvalue weighted by Crippen LogP contribution is -2.36. The number of imidazole rings is 2. The Morgan fingerprint density at radius 1 is 0.462 bits per heavy atom. The van der Waals surface area contributed by atoms with Gasteiger partial charge in [-0.1, -0.05) is 218 Å². The maximum Gasteiger partial charge on any atom is 0.121 e. The van der Waals surface area contributed by atoms with Crippen LogP contribution in [0.15, 0.2) is 243 Å². The lowest BCUT2D eigenvalue weighted by atomic mass is 9.77. The molecule has 0 aliphatic heterocycles. The van der Waals surface area contributed by atoms with Gasteiger partial charge in [-0.3, -0.25) is 0 Å². The highest BCUT2D eigenvalue weighted by molar-refractivity contribution is 5.53. The predicted octanol–water partition coefficient (Wildman–Crippen LogP) is 12.4. The van der Waals surface area contributed by atoms with Crippen LogP contribution >= 0.6 is 0 Å². The summed E-state index contributed by atoms with van der Waals surface area (Å²) in [6, 6.07) is 74.0. The fraction of sp³-hybridized carbons (Fsp3) is 0.153. The van der Waals surface area contributed by atoms with Crippen LogP contribution in [0.25, 0.3) is 6.08 Å². The SMILES string of the molecule is C(=C/c1cn(C(c2ccccc2)(c2ccccc2)c2ccccc2)cn1)/CCOCc1ccccc1.OCCCCc1cn(C(c2ccccc2)(c2ccccc2)c2ccccc2)cn1. The molecule has 0 fully saturated rings. The first-order valence-corrected chi connectivity index (χ1v) is 22.5. The molecule has 9 aromatic rings. The number of ether oxygens (including phenoxy) is 1. The molecule has 0 amide bonds. The Kier molecular flexibility index (Phi) is 15.2. The van der Waals surface area contributed by atoms with Crippen LogP contribution < -0.4 is 0 Å². The van der Waals surface area contributed by atoms with E-state index in [1.165, 1.54) is 38.9 Å². The van der Waals surface area contributed by atoms with Gasteiger partial charge in [-0.2, -0.15) is 0 Å². The summed E-state index contributed by atoms with van der Waals surface area (Å²) >= 11 is 0. The smallest absolute Gasteiger partial charge is 0.121 e. The van der Waals surface area contributed by atoms with Crippen molar-refractivity contribution in [3.05, 3.63) is 294 Å². The average Bonchev–Trinajstić information content (AvgIpc) is 4.07. The van der Waals surface area contributed by atoms with Crippen LogP contribution in [0.4, 0.5) is 0 Å². The molecule has 2 aromatic heterocycles. The normalized spacial score (nSPS) is 11.6. The second-order valence-corrected chi connectivity index (χ2v) is 16.0. The van der Waals surface area contributed by atoms with E-state index in [9.17, 15) is 0 Å². The molecule has 0 saturated heterocycles. The fourth-order valence-corrected chi connectivity index (χ4v) is 8.79. The van der Waals surface area contributed by atoms with E-state index in [0.717, 1.165) is 37.1 Å². The van der Waals surface area contributed by atoms with Crippen molar-refractivity contribution >= 4 is 6.08 Å². The number of aliphatic hydroxyl groups excluding tert-OH is 1. The molecule has 0 bridgehead atoms. The maximum atomic E-state index is 9.10. The van der Waals surface area contributed by atoms with Crippen molar-refractivity contribution in [2.45, 2.75) is 43.4 Å². The second-order valence-electron chi connectivity index (χ2n) is 16.0. The van der Waals surface area contributed by atoms with Gasteiger partial charge in [-0.25, -0.2) is 9.97 Å². The first-order chi connectivity index (χ1) is 32.2. The molecule has 0 saturated carbocycles. The zero-order chi connectivity index (χ0) is 44.4. The van der Waals surface area contributed by atoms with E-state index in [2.05, 4.69) is 228 Å². The van der Waals surface area contributed by atoms with Crippen molar-refractivity contribution in [1.29, 1.82) is 0 Å². The summed E-state index contributed by atoms with van der Waals surface area (Å²) in [7, 11) is 0. The Balaban J connectivity index is 0.000000181. The van der Waals surface area contributed by atoms with Crippen molar-refractivity contribution in [2.75, 3.05) is 13.2 Å². The molecule has 9 rings (SSSR count). The molecule has 6 nitrogen and oxygen atoms in total. The number of aryl methyl sites for hydroxylation is 1. The molecule has 0 aliphatic carbocycles. The van der Waals surface area contributed by atoms with Crippen LogP contribution in [0.3, 0.4) is 0 Å². The van der Waals surface area contributed by atoms with Crippen molar-refractivity contribution < 1.29 is 9.84 Å². The Bertz CT molecular complexity index is 2560. The molecule has 0 atom stereocenters. The van der Waals surface area contributed by atoms with E-state index in [0.29, 0.717) is 13.2 Å². The Morgan fingerprint density at radius 3 is 1.26 bits per heavy atom. The quantitative estimate of drug-likeness (QED) is 0.0690. The lowest BCUT2D eigenvalue weighted by Gasteiger charge is -2.37. The lowest BCUT2D eigenvalue weighted by molar-refractivity contribution is 0.125. The largest absolute Gasteiger partial charge is 0.396 e. The molecule has 1 N–H and O–H groups in total. The van der Waals surface area contributed by atoms with Gasteiger partial charge in [0.05, 0.1) is 37.3 Å². The molecule has 0 spiro atoms. The van der Waals surface area contributed by atoms with Gasteiger partial charge in [0, 0.05) is 19.0 Å². The molecule has 65 heavy (non-hydrogen) atoms. The number of nitrogens with zero attached hydrogens (tertiary/aromatic N) is 4. The highest BCUT2D eigenvalue weighted by atomic mass is 16.5. The summed E-state index contributed by atoms with van der Waals surface area (Å²) in [4.78, 5) is 9.47. The van der Waals surface area contributed by atoms with Crippen LogP contribution in [-0.4, -0.2) is 37.4 Å². The predicted molar refractivity (Wildman–Crippen MR) is 263 cm³/mol. The van der Waals surface area contributed by atoms with E-state index >= 15 is 0 Å². The fourth-order valence-electron chi connectivity index (χ4n) is 8.79. The molecule has 2 heterocycles. The van der Waals surface area contributed by atoms with Gasteiger partial charge in [0.1, 0.15) is 11.1 Å². The number of hydrogen-bond donors (Lipinski definition) is 1. The minimum Gasteiger partial charge on any atom is -0.396 e. The third-order valence-corrected chi connectivity index (χ3v) is 11.8. The van der Waals surface area contributed by atoms with Crippen LogP contribution in [0.2, 0.25) is 0 Å². The first kappa shape index (κ1) is 44.2. The summed E-state index contributed by atoms with van der Waals surface area (Å²) in [6.45, 7) is 1.54. The highest BCUT2D eigenvalue weighted by Crippen LogP contribution is 2.42. The molecule has 0 radical (unpaired) electrons. The van der Waals surface area contributed by atoms with Crippen molar-refractivity contribution in [3.63, 3.8) is 0 Å². The van der Waals surface area contributed by atoms with Gasteiger partial charge in [0.25, 0.3) is 0 Å². The second kappa shape index (κ2) is 22.3. The molecule has 0 aliphatic rings. The van der Waals surface area contributed by atoms with Crippen LogP contribution in [-0.2, 0) is 28.8 Å². The monoisotopic (exact) mass is 852 g/mol. The van der Waals surface area contributed by atoms with Gasteiger partial charge in [0.15, 0.2) is 0 Å². The summed E-state index contributed by atoms with van der Waals surface area (Å²) in [5.74, 6) is 0. The van der Waals surface area contributed by atoms with Gasteiger partial charge in [-0.15, -0.1) is 0 Å². The van der Waals surface area contributed by atoms with Gasteiger partial charge in [0.2, 0.25) is 0 Å². The summed E-state index contributed by atoms with van der Waals surface area (Å²) in [5, 5.41) is 9.10. The van der Waals surface area contributed by atoms with Crippen molar-refractivity contribution in [2.24, 2.45) is 0 Å². The van der Waals surface area contributed by atoms with E-state index in [-0.39, 0.29) is 6.61 Å². The summed E-state index contributed by atoms with van der Waals surface area (Å²) < 4.78 is 10.3. The van der Waals surface area contributed by atoms with Crippen LogP contribution in [0.1, 0.15) is 69.6 Å². The van der Waals surface area contributed by atoms with Crippen molar-refractivity contribution in [3.8, 4) is 0 Å². The molecule has 7 aromatic carbocycles. The van der Waals surface area contributed by atoms with Crippen LogP contribution in [0, 0.1) is 0 Å². The summed E-state index contributed by atoms with van der Waals surface area (Å²) in [5.41, 5.74) is 9.24. The Morgan fingerprint density at radius 2 is 0.846 bits per heavy atom. The third kappa shape index (κ3) is 10.2. The van der Waals surface area contributed by atoms with Crippen LogP contribution in [0.5, 0.6) is 0 Å². The molecule has 6 heteroatoms. The molecular formula is C59H56N4O2. The molecule has 0 unspecified atom stereocenters. The number of rotatable bonds is 18. The topological polar surface area (TPSA) is 65.1 Å².